The van der Waals surface area contributed by atoms with Crippen LogP contribution in [-0.2, 0) is 6.54 Å². The summed E-state index contributed by atoms with van der Waals surface area (Å²) in [5.41, 5.74) is 2.51. The minimum Gasteiger partial charge on any atom is -0.297 e. The monoisotopic (exact) mass is 296 g/mol. The van der Waals surface area contributed by atoms with Gasteiger partial charge in [-0.05, 0) is 23.3 Å². The van der Waals surface area contributed by atoms with Gasteiger partial charge in [0.1, 0.15) is 0 Å². The van der Waals surface area contributed by atoms with E-state index in [2.05, 4.69) is 35.2 Å². The van der Waals surface area contributed by atoms with Crippen LogP contribution < -0.4 is 0 Å². The number of halogens is 1. The van der Waals surface area contributed by atoms with E-state index in [1.165, 1.54) is 11.1 Å². The molecule has 106 valence electrons. The van der Waals surface area contributed by atoms with Gasteiger partial charge in [0.15, 0.2) is 0 Å². The fourth-order valence-electron chi connectivity index (χ4n) is 3.03. The van der Waals surface area contributed by atoms with Gasteiger partial charge in [0.25, 0.3) is 0 Å². The summed E-state index contributed by atoms with van der Waals surface area (Å²) < 4.78 is 0. The lowest BCUT2D eigenvalue weighted by molar-refractivity contribution is 0.322. The van der Waals surface area contributed by atoms with Gasteiger partial charge in [0.2, 0.25) is 0 Å². The van der Waals surface area contributed by atoms with Gasteiger partial charge >= 0.3 is 0 Å². The van der Waals surface area contributed by atoms with Gasteiger partial charge in [-0.15, -0.1) is 0 Å². The van der Waals surface area contributed by atoms with E-state index >= 15 is 0 Å². The average Bonchev–Trinajstić information content (AvgIpc) is 2.92. The molecule has 2 aromatic rings. The summed E-state index contributed by atoms with van der Waals surface area (Å²) in [6.45, 7) is 2.66. The number of hydrogen-bond donors (Lipinski definition) is 0. The number of nitrogens with zero attached hydrogens (tertiary/aromatic N) is 2. The lowest BCUT2D eigenvalue weighted by Gasteiger charge is -2.16. The number of benzene rings is 2. The molecule has 0 bridgehead atoms. The molecule has 3 heteroatoms. The molecule has 1 saturated heterocycles. The maximum absolute atomic E-state index is 9.43. The van der Waals surface area contributed by atoms with E-state index in [4.69, 9.17) is 11.6 Å². The lowest BCUT2D eigenvalue weighted by atomic mass is 9.90. The van der Waals surface area contributed by atoms with E-state index < -0.39 is 0 Å². The number of nitriles is 1. The van der Waals surface area contributed by atoms with Crippen LogP contribution in [0.2, 0.25) is 5.02 Å². The van der Waals surface area contributed by atoms with Crippen LogP contribution in [0.3, 0.4) is 0 Å². The molecule has 0 saturated carbocycles. The molecule has 2 atom stereocenters. The Morgan fingerprint density at radius 2 is 1.76 bits per heavy atom. The number of likely N-dealkylation sites (tertiary alicyclic amines) is 1. The molecular formula is C18H17ClN2. The zero-order chi connectivity index (χ0) is 14.7. The van der Waals surface area contributed by atoms with Crippen molar-refractivity contribution in [2.45, 2.75) is 12.5 Å². The third-order valence-corrected chi connectivity index (χ3v) is 4.36. The van der Waals surface area contributed by atoms with Crippen LogP contribution in [-0.4, -0.2) is 18.0 Å². The summed E-state index contributed by atoms with van der Waals surface area (Å²) in [5.74, 6) is 0.325. The molecule has 0 aromatic heterocycles. The molecule has 1 aliphatic heterocycles. The second kappa shape index (κ2) is 6.30. The van der Waals surface area contributed by atoms with E-state index in [0.29, 0.717) is 0 Å². The Kier molecular flexibility index (Phi) is 4.24. The predicted octanol–water partition coefficient (Wildman–Crippen LogP) is 4.08. The number of rotatable bonds is 3. The fourth-order valence-corrected chi connectivity index (χ4v) is 3.16. The molecule has 0 unspecified atom stereocenters. The maximum atomic E-state index is 9.43. The first-order chi connectivity index (χ1) is 10.3. The minimum atomic E-state index is 0.0508. The Bertz CT molecular complexity index is 631. The Hall–Kier alpha value is -1.82. The summed E-state index contributed by atoms with van der Waals surface area (Å²) in [4.78, 5) is 2.36. The van der Waals surface area contributed by atoms with Crippen molar-refractivity contribution in [1.29, 1.82) is 5.26 Å². The summed E-state index contributed by atoms with van der Waals surface area (Å²) >= 11 is 5.95. The van der Waals surface area contributed by atoms with Crippen LogP contribution in [0.25, 0.3) is 0 Å². The summed E-state index contributed by atoms with van der Waals surface area (Å²) in [6, 6.07) is 20.8. The first kappa shape index (κ1) is 14.1. The maximum Gasteiger partial charge on any atom is 0.0676 e. The highest BCUT2D eigenvalue weighted by Crippen LogP contribution is 2.33. The normalized spacial score (nSPS) is 22.1. The second-order valence-corrected chi connectivity index (χ2v) is 6.01. The van der Waals surface area contributed by atoms with Gasteiger partial charge in [-0.3, -0.25) is 4.90 Å². The second-order valence-electron chi connectivity index (χ2n) is 5.57. The molecule has 2 aromatic carbocycles. The third-order valence-electron chi connectivity index (χ3n) is 4.11. The van der Waals surface area contributed by atoms with E-state index in [1.807, 2.05) is 30.3 Å². The highest BCUT2D eigenvalue weighted by atomic mass is 35.5. The van der Waals surface area contributed by atoms with Crippen LogP contribution >= 0.6 is 11.6 Å². The molecule has 0 aliphatic carbocycles. The lowest BCUT2D eigenvalue weighted by Crippen LogP contribution is -2.20. The van der Waals surface area contributed by atoms with Crippen LogP contribution in [0.5, 0.6) is 0 Å². The first-order valence-corrected chi connectivity index (χ1v) is 7.55. The van der Waals surface area contributed by atoms with Gasteiger partial charge in [0, 0.05) is 30.6 Å². The zero-order valence-electron chi connectivity index (χ0n) is 11.7. The van der Waals surface area contributed by atoms with Crippen molar-refractivity contribution >= 4 is 11.6 Å². The molecule has 1 aliphatic rings. The molecule has 0 N–H and O–H groups in total. The number of hydrogen-bond acceptors (Lipinski definition) is 2. The molecule has 1 fully saturated rings. The van der Waals surface area contributed by atoms with Crippen molar-refractivity contribution in [3.05, 3.63) is 70.7 Å². The molecular weight excluding hydrogens is 280 g/mol. The summed E-state index contributed by atoms with van der Waals surface area (Å²) in [7, 11) is 0. The third kappa shape index (κ3) is 3.26. The Morgan fingerprint density at radius 3 is 2.43 bits per heavy atom. The molecule has 0 radical (unpaired) electrons. The van der Waals surface area contributed by atoms with E-state index in [-0.39, 0.29) is 11.8 Å². The Labute approximate surface area is 130 Å². The highest BCUT2D eigenvalue weighted by Gasteiger charge is 2.33. The van der Waals surface area contributed by atoms with Gasteiger partial charge in [-0.2, -0.15) is 5.26 Å². The molecule has 2 nitrogen and oxygen atoms in total. The summed E-state index contributed by atoms with van der Waals surface area (Å²) in [5, 5.41) is 10.2. The highest BCUT2D eigenvalue weighted by molar-refractivity contribution is 6.30. The molecule has 1 heterocycles. The Morgan fingerprint density at radius 1 is 1.05 bits per heavy atom. The smallest absolute Gasteiger partial charge is 0.0676 e. The quantitative estimate of drug-likeness (QED) is 0.853. The topological polar surface area (TPSA) is 27.0 Å². The van der Waals surface area contributed by atoms with Crippen molar-refractivity contribution < 1.29 is 0 Å². The zero-order valence-corrected chi connectivity index (χ0v) is 12.5. The Balaban J connectivity index is 1.74. The average molecular weight is 297 g/mol. The van der Waals surface area contributed by atoms with Crippen LogP contribution in [0.4, 0.5) is 0 Å². The van der Waals surface area contributed by atoms with Gasteiger partial charge in [-0.25, -0.2) is 0 Å². The molecule has 21 heavy (non-hydrogen) atoms. The van der Waals surface area contributed by atoms with Gasteiger partial charge < -0.3 is 0 Å². The van der Waals surface area contributed by atoms with Crippen molar-refractivity contribution in [3.8, 4) is 6.07 Å². The van der Waals surface area contributed by atoms with Gasteiger partial charge in [-0.1, -0.05) is 54.1 Å². The van der Waals surface area contributed by atoms with Crippen molar-refractivity contribution in [3.63, 3.8) is 0 Å². The van der Waals surface area contributed by atoms with Crippen molar-refractivity contribution in [1.82, 2.24) is 4.90 Å². The molecule has 0 amide bonds. The minimum absolute atomic E-state index is 0.0508. The van der Waals surface area contributed by atoms with Crippen molar-refractivity contribution in [2.75, 3.05) is 13.1 Å². The van der Waals surface area contributed by atoms with E-state index in [0.717, 1.165) is 24.7 Å². The van der Waals surface area contributed by atoms with Crippen LogP contribution in [0.15, 0.2) is 54.6 Å². The standard InChI is InChI=1S/C18H17ClN2/c19-17-8-6-15(7-9-17)18-13-21(12-16(18)10-20)11-14-4-2-1-3-5-14/h1-9,16,18H,11-13H2/t16-,18+/m1/s1. The fraction of sp³-hybridized carbons (Fsp3) is 0.278. The SMILES string of the molecule is N#C[C@@H]1CN(Cc2ccccc2)C[C@H]1c1ccc(Cl)cc1. The van der Waals surface area contributed by atoms with E-state index in [1.54, 1.807) is 0 Å². The molecule has 0 spiro atoms. The van der Waals surface area contributed by atoms with Gasteiger partial charge in [0.05, 0.1) is 12.0 Å². The largest absolute Gasteiger partial charge is 0.297 e. The summed E-state index contributed by atoms with van der Waals surface area (Å²) in [6.07, 6.45) is 0. The molecule has 3 rings (SSSR count). The van der Waals surface area contributed by atoms with Crippen LogP contribution in [0, 0.1) is 17.2 Å². The van der Waals surface area contributed by atoms with E-state index in [9.17, 15) is 5.26 Å². The first-order valence-electron chi connectivity index (χ1n) is 7.17. The van der Waals surface area contributed by atoms with Crippen LogP contribution in [0.1, 0.15) is 17.0 Å². The predicted molar refractivity (Wildman–Crippen MR) is 85.0 cm³/mol. The van der Waals surface area contributed by atoms with Crippen molar-refractivity contribution in [2.24, 2.45) is 5.92 Å².